The summed E-state index contributed by atoms with van der Waals surface area (Å²) in [6, 6.07) is 0. The largest absolute Gasteiger partial charge is 0.462 e. The van der Waals surface area contributed by atoms with Gasteiger partial charge in [0.2, 0.25) is 0 Å². The summed E-state index contributed by atoms with van der Waals surface area (Å²) in [6.07, 6.45) is 35.0. The van der Waals surface area contributed by atoms with Gasteiger partial charge in [0.1, 0.15) is 31.0 Å². The third-order valence-corrected chi connectivity index (χ3v) is 11.4. The maximum absolute atomic E-state index is 12.8. The molecule has 4 N–H and O–H groups in total. The van der Waals surface area contributed by atoms with Crippen LogP contribution in [0.1, 0.15) is 226 Å². The molecule has 1 fully saturated rings. The highest BCUT2D eigenvalue weighted by Gasteiger charge is 2.44. The number of hydrogen-bond acceptors (Lipinski definition) is 10. The van der Waals surface area contributed by atoms with Gasteiger partial charge in [-0.25, -0.2) is 0 Å². The minimum atomic E-state index is -1.59. The molecule has 10 heteroatoms. The molecule has 1 aliphatic rings. The molecule has 0 aliphatic carbocycles. The SMILES string of the molecule is CCCCCCCC/C=C/CCCCCCCC(=O)O[C@@H](COC(=O)CCCCCCCCCCCCCCCCCCCC)CO[C@H]1O[C@@H](CO)[C@@H](O)C(O)C1O. The highest BCUT2D eigenvalue weighted by atomic mass is 16.7. The number of esters is 2. The zero-order chi connectivity index (χ0) is 42.3. The Morgan fingerprint density at radius 3 is 1.34 bits per heavy atom. The molecule has 1 saturated heterocycles. The van der Waals surface area contributed by atoms with Crippen molar-refractivity contribution in [2.24, 2.45) is 0 Å². The Balaban J connectivity index is 2.28. The van der Waals surface area contributed by atoms with Crippen molar-refractivity contribution in [2.75, 3.05) is 19.8 Å². The van der Waals surface area contributed by atoms with Crippen LogP contribution in [0.5, 0.6) is 0 Å². The van der Waals surface area contributed by atoms with E-state index in [1.54, 1.807) is 0 Å². The molecule has 0 amide bonds. The predicted octanol–water partition coefficient (Wildman–Crippen LogP) is 10.7. The second-order valence-corrected chi connectivity index (χ2v) is 16.9. The molecule has 342 valence electrons. The molecule has 0 bridgehead atoms. The lowest BCUT2D eigenvalue weighted by Crippen LogP contribution is -2.59. The molecule has 0 aromatic carbocycles. The van der Waals surface area contributed by atoms with E-state index >= 15 is 0 Å². The van der Waals surface area contributed by atoms with Crippen molar-refractivity contribution in [3.05, 3.63) is 12.2 Å². The smallest absolute Gasteiger partial charge is 0.306 e. The zero-order valence-electron chi connectivity index (χ0n) is 37.3. The fourth-order valence-electron chi connectivity index (χ4n) is 7.54. The van der Waals surface area contributed by atoms with Crippen LogP contribution in [0.15, 0.2) is 12.2 Å². The lowest BCUT2D eigenvalue weighted by molar-refractivity contribution is -0.305. The minimum Gasteiger partial charge on any atom is -0.462 e. The molecule has 1 heterocycles. The Kier molecular flexibility index (Phi) is 37.2. The Hall–Kier alpha value is -1.56. The van der Waals surface area contributed by atoms with Gasteiger partial charge >= 0.3 is 11.9 Å². The van der Waals surface area contributed by atoms with Gasteiger partial charge < -0.3 is 39.4 Å². The third kappa shape index (κ3) is 30.5. The summed E-state index contributed by atoms with van der Waals surface area (Å²) in [5, 5.41) is 40.1. The van der Waals surface area contributed by atoms with Crippen LogP contribution >= 0.6 is 0 Å². The number of ether oxygens (including phenoxy) is 4. The van der Waals surface area contributed by atoms with Crippen molar-refractivity contribution >= 4 is 11.9 Å². The molecule has 0 spiro atoms. The van der Waals surface area contributed by atoms with Crippen molar-refractivity contribution in [3.63, 3.8) is 0 Å². The second kappa shape index (κ2) is 39.6. The Labute approximate surface area is 354 Å². The van der Waals surface area contributed by atoms with E-state index in [4.69, 9.17) is 18.9 Å². The van der Waals surface area contributed by atoms with Crippen LogP contribution in [-0.4, -0.2) is 89.0 Å². The summed E-state index contributed by atoms with van der Waals surface area (Å²) in [7, 11) is 0. The van der Waals surface area contributed by atoms with E-state index in [-0.39, 0.29) is 32.0 Å². The van der Waals surface area contributed by atoms with E-state index in [1.807, 2.05) is 0 Å². The fraction of sp³-hybridized carbons (Fsp3) is 0.917. The van der Waals surface area contributed by atoms with Gasteiger partial charge in [-0.3, -0.25) is 9.59 Å². The molecule has 0 radical (unpaired) electrons. The maximum Gasteiger partial charge on any atom is 0.306 e. The van der Waals surface area contributed by atoms with Gasteiger partial charge in [-0.1, -0.05) is 187 Å². The summed E-state index contributed by atoms with van der Waals surface area (Å²) < 4.78 is 22.2. The normalized spacial score (nSPS) is 20.1. The number of rotatable bonds is 41. The quantitative estimate of drug-likeness (QED) is 0.0266. The van der Waals surface area contributed by atoms with Crippen molar-refractivity contribution in [1.29, 1.82) is 0 Å². The predicted molar refractivity (Wildman–Crippen MR) is 233 cm³/mol. The molecule has 10 nitrogen and oxygen atoms in total. The zero-order valence-corrected chi connectivity index (χ0v) is 37.3. The lowest BCUT2D eigenvalue weighted by atomic mass is 9.99. The average Bonchev–Trinajstić information content (AvgIpc) is 3.22. The molecular formula is C48H90O10. The topological polar surface area (TPSA) is 152 Å². The maximum atomic E-state index is 12.8. The van der Waals surface area contributed by atoms with Crippen molar-refractivity contribution in [3.8, 4) is 0 Å². The first-order valence-electron chi connectivity index (χ1n) is 24.3. The molecule has 0 aromatic rings. The number of carbonyl (C=O) groups excluding carboxylic acids is 2. The summed E-state index contributed by atoms with van der Waals surface area (Å²) in [5.74, 6) is -0.804. The van der Waals surface area contributed by atoms with Crippen LogP contribution in [0.25, 0.3) is 0 Å². The molecular weight excluding hydrogens is 737 g/mol. The van der Waals surface area contributed by atoms with Crippen LogP contribution in [0.3, 0.4) is 0 Å². The standard InChI is InChI=1S/C48H90O10/c1-3-5-7-9-11-13-15-17-19-20-21-23-24-26-28-30-32-34-36-43(50)55-39-41(40-56-48-47(54)46(53)45(52)42(38-49)58-48)57-44(51)37-35-33-31-29-27-25-22-18-16-14-12-10-8-6-4-2/h18,22,41-42,45-49,52-54H,3-17,19-21,23-40H2,1-2H3/b22-18+/t41-,42-,45+,46?,47?,48-/m0/s1. The highest BCUT2D eigenvalue weighted by Crippen LogP contribution is 2.23. The summed E-state index contributed by atoms with van der Waals surface area (Å²) in [4.78, 5) is 25.4. The molecule has 2 unspecified atom stereocenters. The number of unbranched alkanes of at least 4 members (excludes halogenated alkanes) is 28. The van der Waals surface area contributed by atoms with Crippen LogP contribution in [0.2, 0.25) is 0 Å². The van der Waals surface area contributed by atoms with Gasteiger partial charge in [-0.2, -0.15) is 0 Å². The van der Waals surface area contributed by atoms with Crippen molar-refractivity contribution in [2.45, 2.75) is 263 Å². The van der Waals surface area contributed by atoms with Gasteiger partial charge in [-0.15, -0.1) is 0 Å². The van der Waals surface area contributed by atoms with Gasteiger partial charge in [0.15, 0.2) is 12.4 Å². The molecule has 6 atom stereocenters. The molecule has 0 aromatic heterocycles. The summed E-state index contributed by atoms with van der Waals surface area (Å²) in [5.41, 5.74) is 0. The van der Waals surface area contributed by atoms with Crippen LogP contribution < -0.4 is 0 Å². The van der Waals surface area contributed by atoms with E-state index in [1.165, 1.54) is 141 Å². The third-order valence-electron chi connectivity index (χ3n) is 11.4. The van der Waals surface area contributed by atoms with E-state index in [2.05, 4.69) is 26.0 Å². The number of aliphatic hydroxyl groups is 4. The molecule has 58 heavy (non-hydrogen) atoms. The first-order valence-corrected chi connectivity index (χ1v) is 24.3. The average molecular weight is 827 g/mol. The summed E-state index contributed by atoms with van der Waals surface area (Å²) in [6.45, 7) is 3.44. The first kappa shape index (κ1) is 54.5. The minimum absolute atomic E-state index is 0.215. The van der Waals surface area contributed by atoms with E-state index in [0.717, 1.165) is 51.4 Å². The number of carbonyl (C=O) groups is 2. The highest BCUT2D eigenvalue weighted by molar-refractivity contribution is 5.70. The van der Waals surface area contributed by atoms with Crippen LogP contribution in [-0.2, 0) is 28.5 Å². The van der Waals surface area contributed by atoms with Gasteiger partial charge in [0, 0.05) is 12.8 Å². The first-order chi connectivity index (χ1) is 28.3. The van der Waals surface area contributed by atoms with Crippen LogP contribution in [0, 0.1) is 0 Å². The molecule has 1 rings (SSSR count). The molecule has 1 aliphatic heterocycles. The Bertz CT molecular complexity index is 959. The van der Waals surface area contributed by atoms with Crippen LogP contribution in [0.4, 0.5) is 0 Å². The monoisotopic (exact) mass is 827 g/mol. The number of allylic oxidation sites excluding steroid dienone is 2. The Morgan fingerprint density at radius 1 is 0.517 bits per heavy atom. The van der Waals surface area contributed by atoms with Gasteiger partial charge in [0.25, 0.3) is 0 Å². The van der Waals surface area contributed by atoms with E-state index in [0.29, 0.717) is 6.42 Å². The fourth-order valence-corrected chi connectivity index (χ4v) is 7.54. The summed E-state index contributed by atoms with van der Waals surface area (Å²) >= 11 is 0. The Morgan fingerprint density at radius 2 is 0.914 bits per heavy atom. The van der Waals surface area contributed by atoms with Crippen molar-refractivity contribution < 1.29 is 49.0 Å². The van der Waals surface area contributed by atoms with E-state index < -0.39 is 49.4 Å². The van der Waals surface area contributed by atoms with Gasteiger partial charge in [0.05, 0.1) is 13.2 Å². The lowest BCUT2D eigenvalue weighted by Gasteiger charge is -2.39. The second-order valence-electron chi connectivity index (χ2n) is 16.9. The van der Waals surface area contributed by atoms with E-state index in [9.17, 15) is 30.0 Å². The number of hydrogen-bond donors (Lipinski definition) is 4. The number of aliphatic hydroxyl groups excluding tert-OH is 4. The molecule has 0 saturated carbocycles. The van der Waals surface area contributed by atoms with Crippen molar-refractivity contribution in [1.82, 2.24) is 0 Å². The van der Waals surface area contributed by atoms with Gasteiger partial charge in [-0.05, 0) is 38.5 Å².